The van der Waals surface area contributed by atoms with Gasteiger partial charge >= 0.3 is 0 Å². The first-order valence-electron chi connectivity index (χ1n) is 10.8. The number of benzene rings is 4. The van der Waals surface area contributed by atoms with Crippen molar-refractivity contribution in [2.24, 2.45) is 0 Å². The monoisotopic (exact) mass is 398 g/mol. The molecule has 2 atom stereocenters. The van der Waals surface area contributed by atoms with E-state index in [0.29, 0.717) is 0 Å². The van der Waals surface area contributed by atoms with Gasteiger partial charge in [0.1, 0.15) is 11.5 Å². The van der Waals surface area contributed by atoms with Crippen LogP contribution in [-0.4, -0.2) is 0 Å². The van der Waals surface area contributed by atoms with Crippen LogP contribution < -0.4 is 4.74 Å². The van der Waals surface area contributed by atoms with Gasteiger partial charge in [-0.15, -0.1) is 0 Å². The second kappa shape index (κ2) is 7.45. The first-order chi connectivity index (χ1) is 15.4. The molecule has 4 aromatic carbocycles. The lowest BCUT2D eigenvalue weighted by molar-refractivity contribution is 0.469. The zero-order valence-electron chi connectivity index (χ0n) is 17.1. The maximum Gasteiger partial charge on any atom is 0.131 e. The second-order valence-corrected chi connectivity index (χ2v) is 8.11. The highest BCUT2D eigenvalue weighted by atomic mass is 16.5. The van der Waals surface area contributed by atoms with Gasteiger partial charge in [-0.1, -0.05) is 109 Å². The molecule has 2 unspecified atom stereocenters. The summed E-state index contributed by atoms with van der Waals surface area (Å²) in [5.74, 6) is 2.26. The molecule has 2 aliphatic carbocycles. The minimum atomic E-state index is 0.215. The van der Waals surface area contributed by atoms with Gasteiger partial charge in [0.25, 0.3) is 0 Å². The van der Waals surface area contributed by atoms with Crippen LogP contribution in [0.15, 0.2) is 109 Å². The Morgan fingerprint density at radius 1 is 0.419 bits per heavy atom. The molecule has 0 aromatic heterocycles. The van der Waals surface area contributed by atoms with Gasteiger partial charge in [-0.3, -0.25) is 0 Å². The number of rotatable bonds is 4. The lowest BCUT2D eigenvalue weighted by Gasteiger charge is -2.20. The van der Waals surface area contributed by atoms with E-state index in [-0.39, 0.29) is 11.8 Å². The van der Waals surface area contributed by atoms with Crippen LogP contribution in [0.4, 0.5) is 0 Å². The fourth-order valence-electron chi connectivity index (χ4n) is 4.82. The second-order valence-electron chi connectivity index (χ2n) is 8.11. The largest absolute Gasteiger partial charge is 0.457 e. The van der Waals surface area contributed by atoms with E-state index in [2.05, 4.69) is 121 Å². The van der Waals surface area contributed by atoms with Gasteiger partial charge in [-0.05, 0) is 34.4 Å². The van der Waals surface area contributed by atoms with Crippen LogP contribution in [0.2, 0.25) is 0 Å². The maximum absolute atomic E-state index is 6.63. The van der Waals surface area contributed by atoms with Gasteiger partial charge < -0.3 is 4.74 Å². The molecule has 0 radical (unpaired) electrons. The topological polar surface area (TPSA) is 9.23 Å². The quantitative estimate of drug-likeness (QED) is 0.341. The molecule has 1 heteroatoms. The molecule has 0 saturated heterocycles. The molecule has 148 valence electrons. The summed E-state index contributed by atoms with van der Waals surface area (Å²) in [5, 5.41) is 0. The van der Waals surface area contributed by atoms with E-state index in [4.69, 9.17) is 4.74 Å². The minimum absolute atomic E-state index is 0.215. The Balaban J connectivity index is 1.39. The third kappa shape index (κ3) is 3.10. The van der Waals surface area contributed by atoms with Gasteiger partial charge in [-0.2, -0.15) is 0 Å². The summed E-state index contributed by atoms with van der Waals surface area (Å²) in [6.45, 7) is 0. The number of allylic oxidation sites excluding steroid dienone is 2. The molecule has 2 aliphatic rings. The van der Waals surface area contributed by atoms with Gasteiger partial charge in [-0.25, -0.2) is 0 Å². The van der Waals surface area contributed by atoms with Crippen LogP contribution in [0.1, 0.15) is 45.2 Å². The van der Waals surface area contributed by atoms with Crippen LogP contribution in [0.25, 0.3) is 12.2 Å². The summed E-state index contributed by atoms with van der Waals surface area (Å²) < 4.78 is 6.63. The normalized spacial score (nSPS) is 18.1. The molecule has 0 aliphatic heterocycles. The Morgan fingerprint density at radius 2 is 0.806 bits per heavy atom. The van der Waals surface area contributed by atoms with Gasteiger partial charge in [0.05, 0.1) is 0 Å². The fraction of sp³-hybridized carbons (Fsp3) is 0.0667. The molecule has 0 amide bonds. The van der Waals surface area contributed by atoms with Crippen molar-refractivity contribution in [2.45, 2.75) is 11.8 Å². The number of fused-ring (bicyclic) bond motifs is 2. The van der Waals surface area contributed by atoms with Crippen LogP contribution in [0, 0.1) is 0 Å². The Morgan fingerprint density at radius 3 is 1.29 bits per heavy atom. The van der Waals surface area contributed by atoms with E-state index < -0.39 is 0 Å². The summed E-state index contributed by atoms with van der Waals surface area (Å²) in [6, 6.07) is 34.0. The first kappa shape index (κ1) is 18.0. The predicted molar refractivity (Wildman–Crippen MR) is 128 cm³/mol. The SMILES string of the molecule is C1=CC(c2ccccc2Oc2ccccc2C2C=Cc3ccccc32)c2ccccc21. The molecule has 0 saturated carbocycles. The lowest BCUT2D eigenvalue weighted by Crippen LogP contribution is -2.02. The van der Waals surface area contributed by atoms with Gasteiger partial charge in [0.15, 0.2) is 0 Å². The zero-order valence-corrected chi connectivity index (χ0v) is 17.1. The fourth-order valence-corrected chi connectivity index (χ4v) is 4.82. The van der Waals surface area contributed by atoms with E-state index >= 15 is 0 Å². The third-order valence-electron chi connectivity index (χ3n) is 6.33. The minimum Gasteiger partial charge on any atom is -0.457 e. The summed E-state index contributed by atoms with van der Waals surface area (Å²) >= 11 is 0. The molecule has 0 bridgehead atoms. The Hall–Kier alpha value is -3.84. The van der Waals surface area contributed by atoms with E-state index in [1.54, 1.807) is 0 Å². The standard InChI is InChI=1S/C30H22O/c1-3-11-23-21(9-1)17-19-25(23)27-13-5-7-15-29(27)31-30-16-8-6-14-28(30)26-20-18-22-10-2-4-12-24(22)26/h1-20,25-26H. The summed E-state index contributed by atoms with van der Waals surface area (Å²) in [4.78, 5) is 0. The maximum atomic E-state index is 6.63. The molecule has 31 heavy (non-hydrogen) atoms. The van der Waals surface area contributed by atoms with Crippen molar-refractivity contribution in [1.82, 2.24) is 0 Å². The van der Waals surface area contributed by atoms with E-state index in [1.165, 1.54) is 33.4 Å². The average molecular weight is 399 g/mol. The zero-order chi connectivity index (χ0) is 20.6. The average Bonchev–Trinajstić information content (AvgIpc) is 3.44. The highest BCUT2D eigenvalue weighted by Gasteiger charge is 2.24. The Kier molecular flexibility index (Phi) is 4.32. The van der Waals surface area contributed by atoms with Crippen LogP contribution in [-0.2, 0) is 0 Å². The van der Waals surface area contributed by atoms with Crippen LogP contribution in [0.3, 0.4) is 0 Å². The van der Waals surface area contributed by atoms with E-state index in [9.17, 15) is 0 Å². The molecule has 0 fully saturated rings. The number of para-hydroxylation sites is 2. The third-order valence-corrected chi connectivity index (χ3v) is 6.33. The van der Waals surface area contributed by atoms with Crippen molar-refractivity contribution in [1.29, 1.82) is 0 Å². The summed E-state index contributed by atoms with van der Waals surface area (Å²) in [5.41, 5.74) is 7.63. The number of hydrogen-bond donors (Lipinski definition) is 0. The van der Waals surface area contributed by atoms with Crippen molar-refractivity contribution < 1.29 is 4.74 Å². The molecular weight excluding hydrogens is 376 g/mol. The highest BCUT2D eigenvalue weighted by molar-refractivity contribution is 5.68. The Labute approximate surface area is 183 Å². The predicted octanol–water partition coefficient (Wildman–Crippen LogP) is 7.80. The number of hydrogen-bond acceptors (Lipinski definition) is 1. The van der Waals surface area contributed by atoms with Crippen molar-refractivity contribution in [3.8, 4) is 11.5 Å². The van der Waals surface area contributed by atoms with Crippen molar-refractivity contribution >= 4 is 12.2 Å². The number of ether oxygens (including phenoxy) is 1. The molecule has 0 heterocycles. The molecule has 1 nitrogen and oxygen atoms in total. The van der Waals surface area contributed by atoms with Crippen LogP contribution in [0.5, 0.6) is 11.5 Å². The smallest absolute Gasteiger partial charge is 0.131 e. The van der Waals surface area contributed by atoms with Gasteiger partial charge in [0.2, 0.25) is 0 Å². The molecule has 0 spiro atoms. The molecule has 4 aromatic rings. The molecule has 6 rings (SSSR count). The Bertz CT molecular complexity index is 1220. The molecule has 0 N–H and O–H groups in total. The summed E-state index contributed by atoms with van der Waals surface area (Å²) in [6.07, 6.45) is 8.97. The van der Waals surface area contributed by atoms with Gasteiger partial charge in [0, 0.05) is 23.0 Å². The highest BCUT2D eigenvalue weighted by Crippen LogP contribution is 2.43. The van der Waals surface area contributed by atoms with Crippen molar-refractivity contribution in [3.63, 3.8) is 0 Å². The van der Waals surface area contributed by atoms with E-state index in [0.717, 1.165) is 11.5 Å². The van der Waals surface area contributed by atoms with E-state index in [1.807, 2.05) is 0 Å². The molecular formula is C30H22O. The lowest BCUT2D eigenvalue weighted by atomic mass is 9.91. The first-order valence-corrected chi connectivity index (χ1v) is 10.8. The summed E-state index contributed by atoms with van der Waals surface area (Å²) in [7, 11) is 0. The van der Waals surface area contributed by atoms with Crippen molar-refractivity contribution in [3.05, 3.63) is 143 Å². The van der Waals surface area contributed by atoms with Crippen LogP contribution >= 0.6 is 0 Å². The van der Waals surface area contributed by atoms with Crippen molar-refractivity contribution in [2.75, 3.05) is 0 Å².